The predicted molar refractivity (Wildman–Crippen MR) is 75.8 cm³/mol. The molecule has 1 aromatic rings. The fraction of sp³-hybridized carbons (Fsp3) is 0.625. The number of rotatable bonds is 4. The zero-order valence-corrected chi connectivity index (χ0v) is 11.9. The Hall–Kier alpha value is -1.22. The van der Waals surface area contributed by atoms with Crippen molar-refractivity contribution in [2.45, 2.75) is 44.6 Å². The predicted octanol–water partition coefficient (Wildman–Crippen LogP) is 3.19. The molecule has 1 fully saturated rings. The summed E-state index contributed by atoms with van der Waals surface area (Å²) in [6.45, 7) is 0. The fourth-order valence-corrected chi connectivity index (χ4v) is 2.91. The Morgan fingerprint density at radius 2 is 1.79 bits per heavy atom. The molecule has 0 amide bonds. The lowest BCUT2D eigenvalue weighted by molar-refractivity contribution is 0.101. The van der Waals surface area contributed by atoms with Crippen LogP contribution < -0.4 is 9.47 Å². The van der Waals surface area contributed by atoms with E-state index in [1.165, 1.54) is 18.4 Å². The molecule has 3 nitrogen and oxygen atoms in total. The summed E-state index contributed by atoms with van der Waals surface area (Å²) in [7, 11) is 3.30. The number of hydrogen-bond acceptors (Lipinski definition) is 3. The van der Waals surface area contributed by atoms with Crippen LogP contribution in [0.1, 0.15) is 37.7 Å². The molecule has 1 saturated carbocycles. The first kappa shape index (κ1) is 14.2. The fourth-order valence-electron chi connectivity index (χ4n) is 2.91. The van der Waals surface area contributed by atoms with Crippen LogP contribution in [0.25, 0.3) is 0 Å². The summed E-state index contributed by atoms with van der Waals surface area (Å²) in [5.74, 6) is 1.90. The van der Waals surface area contributed by atoms with Gasteiger partial charge in [0, 0.05) is 0 Å². The van der Waals surface area contributed by atoms with Gasteiger partial charge in [-0.2, -0.15) is 0 Å². The summed E-state index contributed by atoms with van der Waals surface area (Å²) >= 11 is 0. The number of hydrogen-bond donors (Lipinski definition) is 1. The van der Waals surface area contributed by atoms with E-state index in [1.807, 2.05) is 12.1 Å². The van der Waals surface area contributed by atoms with Crippen molar-refractivity contribution in [1.29, 1.82) is 0 Å². The van der Waals surface area contributed by atoms with Gasteiger partial charge in [-0.3, -0.25) is 0 Å². The Balaban J connectivity index is 2.09. The van der Waals surface area contributed by atoms with E-state index in [0.29, 0.717) is 5.92 Å². The molecule has 1 N–H and O–H groups in total. The van der Waals surface area contributed by atoms with Gasteiger partial charge in [0.25, 0.3) is 0 Å². The van der Waals surface area contributed by atoms with Gasteiger partial charge < -0.3 is 14.6 Å². The lowest BCUT2D eigenvalue weighted by Gasteiger charge is -2.20. The molecule has 0 heterocycles. The second-order valence-electron chi connectivity index (χ2n) is 5.36. The molecule has 19 heavy (non-hydrogen) atoms. The third kappa shape index (κ3) is 3.63. The number of aliphatic hydroxyl groups is 1. The van der Waals surface area contributed by atoms with E-state index < -0.39 is 0 Å². The van der Waals surface area contributed by atoms with Crippen molar-refractivity contribution in [3.05, 3.63) is 23.8 Å². The van der Waals surface area contributed by atoms with Crippen LogP contribution in [0.15, 0.2) is 18.2 Å². The van der Waals surface area contributed by atoms with Gasteiger partial charge in [-0.1, -0.05) is 25.3 Å². The van der Waals surface area contributed by atoms with Crippen molar-refractivity contribution >= 4 is 0 Å². The zero-order chi connectivity index (χ0) is 13.7. The van der Waals surface area contributed by atoms with Crippen LogP contribution in [0.5, 0.6) is 11.5 Å². The van der Waals surface area contributed by atoms with Crippen LogP contribution in [0.2, 0.25) is 0 Å². The molecule has 0 radical (unpaired) electrons. The van der Waals surface area contributed by atoms with Crippen LogP contribution in [-0.4, -0.2) is 25.4 Å². The Bertz CT molecular complexity index is 403. The molecule has 1 aromatic carbocycles. The average molecular weight is 264 g/mol. The Labute approximate surface area is 115 Å². The van der Waals surface area contributed by atoms with Crippen molar-refractivity contribution in [2.75, 3.05) is 14.2 Å². The van der Waals surface area contributed by atoms with Crippen LogP contribution in [0, 0.1) is 5.92 Å². The van der Waals surface area contributed by atoms with Gasteiger partial charge in [-0.05, 0) is 42.9 Å². The average Bonchev–Trinajstić information content (AvgIpc) is 2.64. The minimum Gasteiger partial charge on any atom is -0.493 e. The molecule has 0 saturated heterocycles. The first-order chi connectivity index (χ1) is 9.24. The molecule has 106 valence electrons. The molecule has 2 rings (SSSR count). The molecule has 1 aliphatic rings. The van der Waals surface area contributed by atoms with E-state index in [4.69, 9.17) is 9.47 Å². The molecule has 2 unspecified atom stereocenters. The van der Waals surface area contributed by atoms with Crippen LogP contribution in [0.3, 0.4) is 0 Å². The third-order valence-corrected chi connectivity index (χ3v) is 4.06. The van der Waals surface area contributed by atoms with Gasteiger partial charge in [-0.25, -0.2) is 0 Å². The minimum absolute atomic E-state index is 0.157. The monoisotopic (exact) mass is 264 g/mol. The molecule has 1 aliphatic carbocycles. The SMILES string of the molecule is COc1ccc(CC2CCCCCC2O)cc1OC. The standard InChI is InChI=1S/C16H24O3/c1-18-15-9-8-12(11-16(15)19-2)10-13-6-4-3-5-7-14(13)17/h8-9,11,13-14,17H,3-7,10H2,1-2H3. The van der Waals surface area contributed by atoms with Crippen molar-refractivity contribution in [3.8, 4) is 11.5 Å². The topological polar surface area (TPSA) is 38.7 Å². The summed E-state index contributed by atoms with van der Waals surface area (Å²) in [6, 6.07) is 6.03. The van der Waals surface area contributed by atoms with Crippen molar-refractivity contribution in [1.82, 2.24) is 0 Å². The highest BCUT2D eigenvalue weighted by molar-refractivity contribution is 5.43. The van der Waals surface area contributed by atoms with Crippen molar-refractivity contribution in [3.63, 3.8) is 0 Å². The summed E-state index contributed by atoms with van der Waals surface area (Å²) in [6.07, 6.45) is 6.46. The lowest BCUT2D eigenvalue weighted by atomic mass is 9.90. The summed E-state index contributed by atoms with van der Waals surface area (Å²) in [5.41, 5.74) is 1.21. The van der Waals surface area contributed by atoms with E-state index in [9.17, 15) is 5.11 Å². The maximum Gasteiger partial charge on any atom is 0.160 e. The molecular weight excluding hydrogens is 240 g/mol. The van der Waals surface area contributed by atoms with E-state index >= 15 is 0 Å². The molecular formula is C16H24O3. The van der Waals surface area contributed by atoms with E-state index in [1.54, 1.807) is 14.2 Å². The molecule has 0 aliphatic heterocycles. The first-order valence-corrected chi connectivity index (χ1v) is 7.13. The minimum atomic E-state index is -0.157. The van der Waals surface area contributed by atoms with E-state index in [-0.39, 0.29) is 6.10 Å². The number of methoxy groups -OCH3 is 2. The first-order valence-electron chi connectivity index (χ1n) is 7.13. The smallest absolute Gasteiger partial charge is 0.160 e. The molecule has 0 spiro atoms. The highest BCUT2D eigenvalue weighted by Crippen LogP contribution is 2.31. The maximum absolute atomic E-state index is 10.2. The highest BCUT2D eigenvalue weighted by Gasteiger charge is 2.22. The van der Waals surface area contributed by atoms with Crippen LogP contribution in [-0.2, 0) is 6.42 Å². The number of benzene rings is 1. The van der Waals surface area contributed by atoms with Crippen molar-refractivity contribution in [2.24, 2.45) is 5.92 Å². The number of aliphatic hydroxyl groups excluding tert-OH is 1. The van der Waals surface area contributed by atoms with Gasteiger partial charge in [0.05, 0.1) is 20.3 Å². The second kappa shape index (κ2) is 6.80. The lowest BCUT2D eigenvalue weighted by Crippen LogP contribution is -2.21. The van der Waals surface area contributed by atoms with E-state index in [0.717, 1.165) is 37.2 Å². The maximum atomic E-state index is 10.2. The molecule has 0 aromatic heterocycles. The van der Waals surface area contributed by atoms with Gasteiger partial charge in [-0.15, -0.1) is 0 Å². The van der Waals surface area contributed by atoms with Gasteiger partial charge in [0.2, 0.25) is 0 Å². The van der Waals surface area contributed by atoms with E-state index in [2.05, 4.69) is 6.07 Å². The Morgan fingerprint density at radius 3 is 2.53 bits per heavy atom. The normalized spacial score (nSPS) is 23.7. The summed E-state index contributed by atoms with van der Waals surface area (Å²) in [4.78, 5) is 0. The highest BCUT2D eigenvalue weighted by atomic mass is 16.5. The Morgan fingerprint density at radius 1 is 1.05 bits per heavy atom. The molecule has 2 atom stereocenters. The molecule has 3 heteroatoms. The number of ether oxygens (including phenoxy) is 2. The second-order valence-corrected chi connectivity index (χ2v) is 5.36. The van der Waals surface area contributed by atoms with Crippen LogP contribution >= 0.6 is 0 Å². The van der Waals surface area contributed by atoms with Crippen molar-refractivity contribution < 1.29 is 14.6 Å². The van der Waals surface area contributed by atoms with Crippen LogP contribution in [0.4, 0.5) is 0 Å². The summed E-state index contributed by atoms with van der Waals surface area (Å²) in [5, 5.41) is 10.2. The molecule has 0 bridgehead atoms. The van der Waals surface area contributed by atoms with Gasteiger partial charge in [0.15, 0.2) is 11.5 Å². The van der Waals surface area contributed by atoms with Gasteiger partial charge in [0.1, 0.15) is 0 Å². The van der Waals surface area contributed by atoms with Gasteiger partial charge >= 0.3 is 0 Å². The largest absolute Gasteiger partial charge is 0.493 e. The third-order valence-electron chi connectivity index (χ3n) is 4.06. The zero-order valence-electron chi connectivity index (χ0n) is 11.9. The quantitative estimate of drug-likeness (QED) is 0.849. The Kier molecular flexibility index (Phi) is 5.08. The summed E-state index contributed by atoms with van der Waals surface area (Å²) < 4.78 is 10.6.